The van der Waals surface area contributed by atoms with Crippen LogP contribution in [0.4, 0.5) is 5.69 Å². The van der Waals surface area contributed by atoms with E-state index < -0.39 is 0 Å². The minimum Gasteiger partial charge on any atom is -0.349 e. The number of carbonyl (C=O) groups is 2. The molecule has 3 rings (SSSR count). The van der Waals surface area contributed by atoms with Gasteiger partial charge in [-0.25, -0.2) is 0 Å². The summed E-state index contributed by atoms with van der Waals surface area (Å²) in [6.07, 6.45) is 7.03. The highest BCUT2D eigenvalue weighted by molar-refractivity contribution is 6.31. The van der Waals surface area contributed by atoms with Crippen molar-refractivity contribution in [2.45, 2.75) is 51.0 Å². The van der Waals surface area contributed by atoms with Crippen LogP contribution in [0, 0.1) is 0 Å². The van der Waals surface area contributed by atoms with Crippen LogP contribution in [0.25, 0.3) is 0 Å². The van der Waals surface area contributed by atoms with Gasteiger partial charge in [-0.2, -0.15) is 0 Å². The van der Waals surface area contributed by atoms with Crippen molar-refractivity contribution in [2.75, 3.05) is 11.4 Å². The number of nitrogens with zero attached hydrogens (tertiary/aromatic N) is 1. The van der Waals surface area contributed by atoms with Gasteiger partial charge in [0, 0.05) is 24.0 Å². The Labute approximate surface area is 135 Å². The zero-order valence-corrected chi connectivity index (χ0v) is 13.4. The zero-order chi connectivity index (χ0) is 15.5. The van der Waals surface area contributed by atoms with E-state index in [-0.39, 0.29) is 17.9 Å². The van der Waals surface area contributed by atoms with Crippen LogP contribution in [0.15, 0.2) is 18.2 Å². The fraction of sp³-hybridized carbons (Fsp3) is 0.529. The molecule has 0 bridgehead atoms. The van der Waals surface area contributed by atoms with Crippen molar-refractivity contribution in [1.29, 1.82) is 0 Å². The van der Waals surface area contributed by atoms with Gasteiger partial charge in [-0.3, -0.25) is 9.59 Å². The minimum atomic E-state index is -0.0988. The highest BCUT2D eigenvalue weighted by Crippen LogP contribution is 2.29. The lowest BCUT2D eigenvalue weighted by Crippen LogP contribution is -2.37. The Morgan fingerprint density at radius 3 is 2.64 bits per heavy atom. The van der Waals surface area contributed by atoms with Gasteiger partial charge in [-0.1, -0.05) is 30.9 Å². The Hall–Kier alpha value is -1.55. The summed E-state index contributed by atoms with van der Waals surface area (Å²) in [5.41, 5.74) is 1.19. The number of anilines is 1. The molecule has 1 saturated heterocycles. The second kappa shape index (κ2) is 6.69. The lowest BCUT2D eigenvalue weighted by molar-refractivity contribution is -0.117. The van der Waals surface area contributed by atoms with E-state index >= 15 is 0 Å². The normalized spacial score (nSPS) is 19.5. The first-order valence-corrected chi connectivity index (χ1v) is 8.44. The number of rotatable bonds is 3. The number of benzene rings is 1. The maximum atomic E-state index is 12.6. The van der Waals surface area contributed by atoms with Crippen molar-refractivity contribution in [3.8, 4) is 0 Å². The summed E-state index contributed by atoms with van der Waals surface area (Å²) in [7, 11) is 0. The molecule has 22 heavy (non-hydrogen) atoms. The third-order valence-electron chi connectivity index (χ3n) is 4.51. The van der Waals surface area contributed by atoms with Crippen LogP contribution in [0.2, 0.25) is 5.02 Å². The molecule has 4 nitrogen and oxygen atoms in total. The van der Waals surface area contributed by atoms with E-state index in [0.717, 1.165) is 19.3 Å². The second-order valence-corrected chi connectivity index (χ2v) is 6.56. The van der Waals surface area contributed by atoms with Crippen LogP contribution in [0.5, 0.6) is 0 Å². The number of carbonyl (C=O) groups excluding carboxylic acids is 2. The molecule has 2 aliphatic rings. The van der Waals surface area contributed by atoms with E-state index in [1.807, 2.05) is 0 Å². The second-order valence-electron chi connectivity index (χ2n) is 6.12. The fourth-order valence-corrected chi connectivity index (χ4v) is 3.50. The largest absolute Gasteiger partial charge is 0.349 e. The van der Waals surface area contributed by atoms with Crippen LogP contribution in [0.3, 0.4) is 0 Å². The Kier molecular flexibility index (Phi) is 4.67. The SMILES string of the molecule is O=C(NC1CCCCC1)c1ccc(Cl)cc1N1CCCC1=O. The van der Waals surface area contributed by atoms with Crippen LogP contribution >= 0.6 is 11.6 Å². The van der Waals surface area contributed by atoms with E-state index in [1.165, 1.54) is 19.3 Å². The summed E-state index contributed by atoms with van der Waals surface area (Å²) in [4.78, 5) is 26.3. The van der Waals surface area contributed by atoms with Crippen LogP contribution in [-0.4, -0.2) is 24.4 Å². The van der Waals surface area contributed by atoms with Gasteiger partial charge in [0.1, 0.15) is 0 Å². The molecule has 1 saturated carbocycles. The molecular weight excluding hydrogens is 300 g/mol. The topological polar surface area (TPSA) is 49.4 Å². The Bertz CT molecular complexity index is 582. The molecule has 2 fully saturated rings. The van der Waals surface area contributed by atoms with E-state index in [0.29, 0.717) is 29.2 Å². The van der Waals surface area contributed by atoms with Crippen molar-refractivity contribution in [1.82, 2.24) is 5.32 Å². The summed E-state index contributed by atoms with van der Waals surface area (Å²) < 4.78 is 0. The number of hydrogen-bond donors (Lipinski definition) is 1. The first-order valence-electron chi connectivity index (χ1n) is 8.06. The Balaban J connectivity index is 1.82. The van der Waals surface area contributed by atoms with Gasteiger partial charge < -0.3 is 10.2 Å². The Morgan fingerprint density at radius 2 is 1.95 bits per heavy atom. The molecule has 1 N–H and O–H groups in total. The van der Waals surface area contributed by atoms with Gasteiger partial charge in [0.2, 0.25) is 5.91 Å². The number of halogens is 1. The first-order chi connectivity index (χ1) is 10.6. The Morgan fingerprint density at radius 1 is 1.18 bits per heavy atom. The summed E-state index contributed by atoms with van der Waals surface area (Å²) >= 11 is 6.07. The number of amides is 2. The highest BCUT2D eigenvalue weighted by Gasteiger charge is 2.27. The average molecular weight is 321 g/mol. The zero-order valence-electron chi connectivity index (χ0n) is 12.6. The molecular formula is C17H21ClN2O2. The van der Waals surface area contributed by atoms with Crippen LogP contribution in [0.1, 0.15) is 55.3 Å². The standard InChI is InChI=1S/C17H21ClN2O2/c18-12-8-9-14(15(11-12)20-10-4-7-16(20)21)17(22)19-13-5-2-1-3-6-13/h8-9,11,13H,1-7,10H2,(H,19,22). The number of hydrogen-bond acceptors (Lipinski definition) is 2. The molecule has 1 heterocycles. The quantitative estimate of drug-likeness (QED) is 0.926. The van der Waals surface area contributed by atoms with Gasteiger partial charge in [0.05, 0.1) is 11.3 Å². The third-order valence-corrected chi connectivity index (χ3v) is 4.74. The molecule has 1 aliphatic heterocycles. The van der Waals surface area contributed by atoms with Crippen molar-refractivity contribution in [3.63, 3.8) is 0 Å². The highest BCUT2D eigenvalue weighted by atomic mass is 35.5. The molecule has 1 aliphatic carbocycles. The maximum absolute atomic E-state index is 12.6. The summed E-state index contributed by atoms with van der Waals surface area (Å²) in [5.74, 6) is -0.0350. The van der Waals surface area contributed by atoms with Gasteiger partial charge in [-0.05, 0) is 37.5 Å². The van der Waals surface area contributed by atoms with Crippen LogP contribution in [-0.2, 0) is 4.79 Å². The predicted molar refractivity (Wildman–Crippen MR) is 87.4 cm³/mol. The first kappa shape index (κ1) is 15.3. The van der Waals surface area contributed by atoms with E-state index in [4.69, 9.17) is 11.6 Å². The molecule has 118 valence electrons. The monoisotopic (exact) mass is 320 g/mol. The molecule has 2 amide bonds. The van der Waals surface area contributed by atoms with Crippen molar-refractivity contribution < 1.29 is 9.59 Å². The predicted octanol–water partition coefficient (Wildman–Crippen LogP) is 3.53. The smallest absolute Gasteiger partial charge is 0.253 e. The van der Waals surface area contributed by atoms with Crippen molar-refractivity contribution >= 4 is 29.1 Å². The van der Waals surface area contributed by atoms with E-state index in [1.54, 1.807) is 23.1 Å². The van der Waals surface area contributed by atoms with Crippen molar-refractivity contribution in [3.05, 3.63) is 28.8 Å². The third kappa shape index (κ3) is 3.27. The molecule has 0 spiro atoms. The average Bonchev–Trinajstić information content (AvgIpc) is 2.94. The van der Waals surface area contributed by atoms with Gasteiger partial charge in [-0.15, -0.1) is 0 Å². The van der Waals surface area contributed by atoms with Gasteiger partial charge in [0.25, 0.3) is 5.91 Å². The molecule has 1 aromatic carbocycles. The lowest BCUT2D eigenvalue weighted by Gasteiger charge is -2.25. The maximum Gasteiger partial charge on any atom is 0.253 e. The summed E-state index contributed by atoms with van der Waals surface area (Å²) in [5, 5.41) is 3.66. The minimum absolute atomic E-state index is 0.0639. The summed E-state index contributed by atoms with van der Waals surface area (Å²) in [6.45, 7) is 0.656. The van der Waals surface area contributed by atoms with Crippen LogP contribution < -0.4 is 10.2 Å². The van der Waals surface area contributed by atoms with E-state index in [2.05, 4.69) is 5.32 Å². The molecule has 5 heteroatoms. The fourth-order valence-electron chi connectivity index (χ4n) is 3.33. The van der Waals surface area contributed by atoms with Gasteiger partial charge >= 0.3 is 0 Å². The van der Waals surface area contributed by atoms with Gasteiger partial charge in [0.15, 0.2) is 0 Å². The molecule has 0 aromatic heterocycles. The molecule has 0 unspecified atom stereocenters. The lowest BCUT2D eigenvalue weighted by atomic mass is 9.95. The van der Waals surface area contributed by atoms with E-state index in [9.17, 15) is 9.59 Å². The van der Waals surface area contributed by atoms with Crippen molar-refractivity contribution in [2.24, 2.45) is 0 Å². The molecule has 0 atom stereocenters. The number of nitrogens with one attached hydrogen (secondary N) is 1. The molecule has 1 aromatic rings. The molecule has 0 radical (unpaired) electrons. The summed E-state index contributed by atoms with van der Waals surface area (Å²) in [6, 6.07) is 5.41.